The normalized spacial score (nSPS) is 11.9. The molecule has 192 valence electrons. The van der Waals surface area contributed by atoms with Crippen molar-refractivity contribution in [1.82, 2.24) is 19.6 Å². The van der Waals surface area contributed by atoms with Crippen LogP contribution >= 0.6 is 0 Å². The lowest BCUT2D eigenvalue weighted by Gasteiger charge is -2.21. The molecule has 0 saturated heterocycles. The van der Waals surface area contributed by atoms with Gasteiger partial charge in [-0.2, -0.15) is 0 Å². The van der Waals surface area contributed by atoms with Crippen molar-refractivity contribution in [3.05, 3.63) is 76.9 Å². The van der Waals surface area contributed by atoms with Crippen LogP contribution in [0.3, 0.4) is 0 Å². The van der Waals surface area contributed by atoms with Crippen molar-refractivity contribution in [2.24, 2.45) is 0 Å². The van der Waals surface area contributed by atoms with Crippen molar-refractivity contribution in [2.45, 2.75) is 64.3 Å². The predicted molar refractivity (Wildman–Crippen MR) is 143 cm³/mol. The minimum atomic E-state index is -3.98. The van der Waals surface area contributed by atoms with Crippen LogP contribution in [0.25, 0.3) is 11.1 Å². The molecule has 0 aliphatic carbocycles. The van der Waals surface area contributed by atoms with Gasteiger partial charge in [0.15, 0.2) is 0 Å². The number of benzene rings is 2. The van der Waals surface area contributed by atoms with E-state index in [0.717, 1.165) is 33.4 Å². The summed E-state index contributed by atoms with van der Waals surface area (Å²) in [5.74, 6) is 0.422. The first kappa shape index (κ1) is 27.5. The quantitative estimate of drug-likeness (QED) is 0.446. The molecular formula is C28H36N4O3S. The molecule has 0 aliphatic rings. The van der Waals surface area contributed by atoms with E-state index in [1.807, 2.05) is 25.9 Å². The van der Waals surface area contributed by atoms with Gasteiger partial charge in [-0.25, -0.2) is 23.1 Å². The Morgan fingerprint density at radius 2 is 1.44 bits per heavy atom. The van der Waals surface area contributed by atoms with E-state index in [2.05, 4.69) is 54.5 Å². The maximum atomic E-state index is 13.0. The topological polar surface area (TPSA) is 92.3 Å². The fourth-order valence-corrected chi connectivity index (χ4v) is 5.19. The monoisotopic (exact) mass is 508 g/mol. The lowest BCUT2D eigenvalue weighted by molar-refractivity contribution is -0.118. The van der Waals surface area contributed by atoms with Gasteiger partial charge in [-0.1, -0.05) is 52.0 Å². The number of hydrogen-bond donors (Lipinski definition) is 1. The van der Waals surface area contributed by atoms with Gasteiger partial charge >= 0.3 is 0 Å². The first-order valence-electron chi connectivity index (χ1n) is 12.1. The number of rotatable bonds is 9. The third-order valence-corrected chi connectivity index (χ3v) is 7.38. The van der Waals surface area contributed by atoms with Gasteiger partial charge in [0, 0.05) is 24.5 Å². The minimum absolute atomic E-state index is 0.0242. The zero-order valence-electron chi connectivity index (χ0n) is 22.2. The van der Waals surface area contributed by atoms with Crippen molar-refractivity contribution in [2.75, 3.05) is 14.1 Å². The largest absolute Gasteiger partial charge is 0.305 e. The molecule has 0 fully saturated rings. The summed E-state index contributed by atoms with van der Waals surface area (Å²) < 4.78 is 28.1. The van der Waals surface area contributed by atoms with E-state index in [1.165, 1.54) is 12.1 Å². The number of carbonyl (C=O) groups is 1. The summed E-state index contributed by atoms with van der Waals surface area (Å²) in [5, 5.41) is 0. The summed E-state index contributed by atoms with van der Waals surface area (Å²) in [7, 11) is -0.0815. The molecule has 36 heavy (non-hydrogen) atoms. The van der Waals surface area contributed by atoms with Crippen molar-refractivity contribution in [1.29, 1.82) is 0 Å². The number of aryl methyl sites for hydroxylation is 1. The summed E-state index contributed by atoms with van der Waals surface area (Å²) in [6.07, 6.45) is 3.58. The number of nitrogens with zero attached hydrogens (tertiary/aromatic N) is 3. The van der Waals surface area contributed by atoms with Crippen LogP contribution in [-0.2, 0) is 27.8 Å². The second-order valence-corrected chi connectivity index (χ2v) is 11.7. The van der Waals surface area contributed by atoms with Gasteiger partial charge in [0.25, 0.3) is 10.0 Å². The molecule has 3 rings (SSSR count). The van der Waals surface area contributed by atoms with E-state index < -0.39 is 15.9 Å². The lowest BCUT2D eigenvalue weighted by Crippen LogP contribution is -2.32. The van der Waals surface area contributed by atoms with Gasteiger partial charge in [-0.15, -0.1) is 0 Å². The van der Waals surface area contributed by atoms with Gasteiger partial charge in [0.05, 0.1) is 11.3 Å². The fraction of sp³-hybridized carbons (Fsp3) is 0.393. The minimum Gasteiger partial charge on any atom is -0.305 e. The third-order valence-electron chi connectivity index (χ3n) is 6.00. The maximum absolute atomic E-state index is 13.0. The van der Waals surface area contributed by atoms with Crippen molar-refractivity contribution >= 4 is 15.9 Å². The highest BCUT2D eigenvalue weighted by Crippen LogP contribution is 2.33. The van der Waals surface area contributed by atoms with Crippen LogP contribution < -0.4 is 4.72 Å². The van der Waals surface area contributed by atoms with E-state index in [1.54, 1.807) is 24.5 Å². The molecule has 2 aromatic carbocycles. The number of sulfonamides is 1. The lowest BCUT2D eigenvalue weighted by atomic mass is 9.84. The van der Waals surface area contributed by atoms with Gasteiger partial charge < -0.3 is 4.90 Å². The molecule has 0 spiro atoms. The Hall–Kier alpha value is -3.10. The summed E-state index contributed by atoms with van der Waals surface area (Å²) in [5.41, 5.74) is 5.77. The van der Waals surface area contributed by atoms with Crippen molar-refractivity contribution in [3.8, 4) is 11.1 Å². The molecule has 0 atom stereocenters. The molecule has 0 radical (unpaired) electrons. The molecule has 0 saturated carbocycles. The number of amides is 1. The second kappa shape index (κ2) is 11.3. The average Bonchev–Trinajstić information content (AvgIpc) is 2.79. The van der Waals surface area contributed by atoms with E-state index in [-0.39, 0.29) is 23.2 Å². The molecule has 1 aromatic heterocycles. The number of nitrogens with one attached hydrogen (secondary N) is 1. The predicted octanol–water partition coefficient (Wildman–Crippen LogP) is 4.81. The third kappa shape index (κ3) is 6.77. The van der Waals surface area contributed by atoms with Gasteiger partial charge in [0.2, 0.25) is 5.91 Å². The average molecular weight is 509 g/mol. The molecule has 0 aliphatic heterocycles. The van der Waals surface area contributed by atoms with E-state index in [0.29, 0.717) is 12.4 Å². The Morgan fingerprint density at radius 1 is 0.917 bits per heavy atom. The highest BCUT2D eigenvalue weighted by atomic mass is 32.2. The van der Waals surface area contributed by atoms with E-state index in [9.17, 15) is 13.2 Å². The first-order chi connectivity index (χ1) is 16.9. The van der Waals surface area contributed by atoms with Crippen LogP contribution in [0.15, 0.2) is 53.7 Å². The Labute approximate surface area is 215 Å². The Morgan fingerprint density at radius 3 is 1.92 bits per heavy atom. The van der Waals surface area contributed by atoms with Crippen LogP contribution in [-0.4, -0.2) is 43.3 Å². The van der Waals surface area contributed by atoms with Crippen LogP contribution in [0.5, 0.6) is 0 Å². The molecule has 0 bridgehead atoms. The number of carbonyl (C=O) groups excluding carboxylic acids is 1. The Kier molecular flexibility index (Phi) is 8.63. The SMILES string of the molecule is Cc1ncc(-c2cc(C(C)C)c(CC(=O)NS(=O)(=O)c3ccc(CN(C)C)cc3)c(C(C)C)c2)cn1. The molecule has 8 heteroatoms. The first-order valence-corrected chi connectivity index (χ1v) is 13.6. The zero-order chi connectivity index (χ0) is 26.6. The highest BCUT2D eigenvalue weighted by molar-refractivity contribution is 7.90. The second-order valence-electron chi connectivity index (χ2n) is 10.0. The van der Waals surface area contributed by atoms with Crippen LogP contribution in [0.4, 0.5) is 0 Å². The molecule has 7 nitrogen and oxygen atoms in total. The fourth-order valence-electron chi connectivity index (χ4n) is 4.20. The van der Waals surface area contributed by atoms with Crippen LogP contribution in [0.1, 0.15) is 67.6 Å². The maximum Gasteiger partial charge on any atom is 0.264 e. The van der Waals surface area contributed by atoms with E-state index in [4.69, 9.17) is 0 Å². The summed E-state index contributed by atoms with van der Waals surface area (Å²) in [6, 6.07) is 10.7. The van der Waals surface area contributed by atoms with Crippen molar-refractivity contribution < 1.29 is 13.2 Å². The van der Waals surface area contributed by atoms with Crippen LogP contribution in [0.2, 0.25) is 0 Å². The number of hydrogen-bond acceptors (Lipinski definition) is 6. The molecular weight excluding hydrogens is 472 g/mol. The Bertz CT molecular complexity index is 1280. The van der Waals surface area contributed by atoms with Gasteiger partial charge in [-0.05, 0) is 72.8 Å². The molecule has 3 aromatic rings. The highest BCUT2D eigenvalue weighted by Gasteiger charge is 2.23. The number of aromatic nitrogens is 2. The van der Waals surface area contributed by atoms with Gasteiger partial charge in [0.1, 0.15) is 5.82 Å². The summed E-state index contributed by atoms with van der Waals surface area (Å²) in [4.78, 5) is 23.7. The summed E-state index contributed by atoms with van der Waals surface area (Å²) >= 11 is 0. The van der Waals surface area contributed by atoms with Crippen molar-refractivity contribution in [3.63, 3.8) is 0 Å². The van der Waals surface area contributed by atoms with E-state index >= 15 is 0 Å². The molecule has 0 unspecified atom stereocenters. The molecule has 1 heterocycles. The Balaban J connectivity index is 1.91. The summed E-state index contributed by atoms with van der Waals surface area (Å²) in [6.45, 7) is 10.8. The smallest absolute Gasteiger partial charge is 0.264 e. The van der Waals surface area contributed by atoms with Crippen LogP contribution in [0, 0.1) is 6.92 Å². The standard InChI is InChI=1S/C28H36N4O3S/c1-18(2)25-12-22(23-15-29-20(5)30-16-23)13-26(19(3)4)27(25)14-28(33)31-36(34,35)24-10-8-21(9-11-24)17-32(6)7/h8-13,15-16,18-19H,14,17H2,1-7H3,(H,31,33). The van der Waals surface area contributed by atoms with Gasteiger partial charge in [-0.3, -0.25) is 4.79 Å². The zero-order valence-corrected chi connectivity index (χ0v) is 23.0. The molecule has 1 N–H and O–H groups in total. The molecule has 1 amide bonds.